The normalized spacial score (nSPS) is 12.0. The molecule has 0 aromatic carbocycles. The van der Waals surface area contributed by atoms with E-state index in [0.717, 1.165) is 0 Å². The van der Waals surface area contributed by atoms with E-state index in [1.165, 1.54) is 0 Å². The van der Waals surface area contributed by atoms with Crippen LogP contribution in [0, 0.1) is 0 Å². The molecule has 0 fully saturated rings. The van der Waals surface area contributed by atoms with Crippen LogP contribution in [0.2, 0.25) is 0 Å². The molecule has 0 aliphatic rings. The predicted octanol–water partition coefficient (Wildman–Crippen LogP) is 0.223. The first-order chi connectivity index (χ1) is 9.87. The van der Waals surface area contributed by atoms with Crippen molar-refractivity contribution in [1.29, 1.82) is 0 Å². The van der Waals surface area contributed by atoms with Crippen LogP contribution in [0.5, 0.6) is 6.01 Å². The molecule has 0 aliphatic heterocycles. The first kappa shape index (κ1) is 16.9. The summed E-state index contributed by atoms with van der Waals surface area (Å²) in [6, 6.07) is -0.339. The summed E-state index contributed by atoms with van der Waals surface area (Å²) >= 11 is 0. The van der Waals surface area contributed by atoms with E-state index in [4.69, 9.17) is 10.6 Å². The van der Waals surface area contributed by atoms with Crippen molar-refractivity contribution in [2.75, 3.05) is 24.3 Å². The molecule has 0 bridgehead atoms. The highest BCUT2D eigenvalue weighted by atomic mass is 16.5. The van der Waals surface area contributed by atoms with Gasteiger partial charge in [-0.1, -0.05) is 0 Å². The molecule has 0 saturated heterocycles. The van der Waals surface area contributed by atoms with Crippen molar-refractivity contribution < 1.29 is 9.53 Å². The second-order valence-corrected chi connectivity index (χ2v) is 4.79. The Labute approximate surface area is 124 Å². The van der Waals surface area contributed by atoms with Crippen LogP contribution >= 0.6 is 0 Å². The summed E-state index contributed by atoms with van der Waals surface area (Å²) in [5, 5.41) is 2.92. The maximum atomic E-state index is 12.0. The molecule has 1 aromatic rings. The van der Waals surface area contributed by atoms with E-state index in [1.807, 2.05) is 20.8 Å². The fourth-order valence-corrected chi connectivity index (χ4v) is 1.49. The zero-order valence-electron chi connectivity index (χ0n) is 13.0. The molecule has 1 aromatic heterocycles. The van der Waals surface area contributed by atoms with E-state index in [-0.39, 0.29) is 29.9 Å². The van der Waals surface area contributed by atoms with Crippen LogP contribution in [0.1, 0.15) is 27.7 Å². The minimum Gasteiger partial charge on any atom is -0.461 e. The number of nitrogens with zero attached hydrogens (tertiary/aromatic N) is 4. The Hall–Kier alpha value is -2.16. The molecule has 9 heteroatoms. The summed E-state index contributed by atoms with van der Waals surface area (Å²) in [4.78, 5) is 25.8. The Morgan fingerprint density at radius 1 is 1.29 bits per heavy atom. The van der Waals surface area contributed by atoms with Gasteiger partial charge in [-0.05, 0) is 27.7 Å². The molecule has 0 radical (unpaired) electrons. The van der Waals surface area contributed by atoms with E-state index in [0.29, 0.717) is 6.54 Å². The van der Waals surface area contributed by atoms with E-state index < -0.39 is 6.04 Å². The zero-order chi connectivity index (χ0) is 16.0. The van der Waals surface area contributed by atoms with Gasteiger partial charge in [0.2, 0.25) is 17.8 Å². The number of amides is 1. The fraction of sp³-hybridized carbons (Fsp3) is 0.667. The molecule has 0 spiro atoms. The maximum Gasteiger partial charge on any atom is 0.323 e. The number of hydrazine groups is 1. The second-order valence-electron chi connectivity index (χ2n) is 4.79. The summed E-state index contributed by atoms with van der Waals surface area (Å²) in [5.74, 6) is 5.63. The molecule has 1 heterocycles. The van der Waals surface area contributed by atoms with Gasteiger partial charge in [0.05, 0.1) is 6.10 Å². The highest BCUT2D eigenvalue weighted by Crippen LogP contribution is 2.13. The number of nitrogen functional groups attached to an aromatic ring is 1. The Kier molecular flexibility index (Phi) is 6.10. The first-order valence-electron chi connectivity index (χ1n) is 6.78. The van der Waals surface area contributed by atoms with Crippen LogP contribution in [0.15, 0.2) is 0 Å². The van der Waals surface area contributed by atoms with Crippen molar-refractivity contribution >= 4 is 17.8 Å². The summed E-state index contributed by atoms with van der Waals surface area (Å²) in [6.07, 6.45) is -0.0869. The van der Waals surface area contributed by atoms with Crippen LogP contribution in [0.4, 0.5) is 11.9 Å². The summed E-state index contributed by atoms with van der Waals surface area (Å²) < 4.78 is 5.41. The molecule has 1 unspecified atom stereocenters. The van der Waals surface area contributed by atoms with Crippen molar-refractivity contribution in [3.05, 3.63) is 0 Å². The number of nitrogens with two attached hydrogens (primary N) is 1. The van der Waals surface area contributed by atoms with Crippen molar-refractivity contribution in [2.24, 2.45) is 5.84 Å². The van der Waals surface area contributed by atoms with Gasteiger partial charge >= 0.3 is 6.01 Å². The maximum absolute atomic E-state index is 12.0. The number of aromatic nitrogens is 3. The van der Waals surface area contributed by atoms with Crippen LogP contribution in [0.25, 0.3) is 0 Å². The van der Waals surface area contributed by atoms with Crippen molar-refractivity contribution in [3.63, 3.8) is 0 Å². The van der Waals surface area contributed by atoms with Gasteiger partial charge in [-0.2, -0.15) is 15.0 Å². The summed E-state index contributed by atoms with van der Waals surface area (Å²) in [5.41, 5.74) is 2.34. The second kappa shape index (κ2) is 7.58. The number of anilines is 2. The smallest absolute Gasteiger partial charge is 0.323 e. The lowest BCUT2D eigenvalue weighted by Gasteiger charge is -2.20. The number of nitrogens with one attached hydrogen (secondary N) is 2. The highest BCUT2D eigenvalue weighted by Gasteiger charge is 2.18. The Morgan fingerprint density at radius 3 is 2.43 bits per heavy atom. The molecule has 4 N–H and O–H groups in total. The van der Waals surface area contributed by atoms with E-state index >= 15 is 0 Å². The molecule has 1 atom stereocenters. The number of rotatable bonds is 7. The average molecular weight is 297 g/mol. The molecule has 1 amide bonds. The van der Waals surface area contributed by atoms with Gasteiger partial charge < -0.3 is 15.0 Å². The van der Waals surface area contributed by atoms with Gasteiger partial charge in [0.25, 0.3) is 0 Å². The molecular formula is C12H23N7O2. The van der Waals surface area contributed by atoms with Gasteiger partial charge in [0.15, 0.2) is 0 Å². The lowest BCUT2D eigenvalue weighted by Crippen LogP contribution is -2.39. The van der Waals surface area contributed by atoms with Gasteiger partial charge in [0.1, 0.15) is 6.04 Å². The first-order valence-corrected chi connectivity index (χ1v) is 6.78. The molecular weight excluding hydrogens is 274 g/mol. The minimum atomic E-state index is -0.477. The Balaban J connectivity index is 2.89. The standard InChI is InChI=1S/C12H23N7O2/c1-6-19(5)9(20)8(4)14-10-15-11(18-13)17-12(16-10)21-7(2)3/h7-8H,6,13H2,1-5H3,(H2,14,15,16,17,18). The molecule has 118 valence electrons. The van der Waals surface area contributed by atoms with Gasteiger partial charge in [0, 0.05) is 13.6 Å². The third kappa shape index (κ3) is 5.03. The third-order valence-corrected chi connectivity index (χ3v) is 2.65. The summed E-state index contributed by atoms with van der Waals surface area (Å²) in [7, 11) is 1.73. The molecule has 1 rings (SSSR count). The SMILES string of the molecule is CCN(C)C(=O)C(C)Nc1nc(NN)nc(OC(C)C)n1. The quantitative estimate of drug-likeness (QED) is 0.483. The van der Waals surface area contributed by atoms with Crippen LogP contribution in [-0.2, 0) is 4.79 Å². The van der Waals surface area contributed by atoms with Crippen molar-refractivity contribution in [3.8, 4) is 6.01 Å². The van der Waals surface area contributed by atoms with E-state index in [9.17, 15) is 4.79 Å². The predicted molar refractivity (Wildman–Crippen MR) is 79.8 cm³/mol. The number of hydrogen-bond donors (Lipinski definition) is 3. The van der Waals surface area contributed by atoms with Crippen LogP contribution < -0.4 is 21.3 Å². The number of likely N-dealkylation sites (N-methyl/N-ethyl adjacent to an activating group) is 1. The van der Waals surface area contributed by atoms with Crippen LogP contribution in [0.3, 0.4) is 0 Å². The topological polar surface area (TPSA) is 118 Å². The minimum absolute atomic E-state index is 0.0634. The summed E-state index contributed by atoms with van der Waals surface area (Å²) in [6.45, 7) is 7.97. The number of hydrogen-bond acceptors (Lipinski definition) is 8. The van der Waals surface area contributed by atoms with Crippen molar-refractivity contribution in [2.45, 2.75) is 39.8 Å². The zero-order valence-corrected chi connectivity index (χ0v) is 13.0. The Bertz CT molecular complexity index is 481. The van der Waals surface area contributed by atoms with Crippen molar-refractivity contribution in [1.82, 2.24) is 19.9 Å². The molecule has 0 saturated carbocycles. The third-order valence-electron chi connectivity index (χ3n) is 2.65. The van der Waals surface area contributed by atoms with Gasteiger partial charge in [-0.15, -0.1) is 0 Å². The largest absolute Gasteiger partial charge is 0.461 e. The number of carbonyl (C=O) groups is 1. The van der Waals surface area contributed by atoms with Gasteiger partial charge in [-0.25, -0.2) is 5.84 Å². The Morgan fingerprint density at radius 2 is 1.90 bits per heavy atom. The van der Waals surface area contributed by atoms with E-state index in [1.54, 1.807) is 18.9 Å². The number of carbonyl (C=O) groups excluding carboxylic acids is 1. The lowest BCUT2D eigenvalue weighted by atomic mass is 10.3. The molecule has 21 heavy (non-hydrogen) atoms. The highest BCUT2D eigenvalue weighted by molar-refractivity contribution is 5.83. The number of ether oxygens (including phenoxy) is 1. The van der Waals surface area contributed by atoms with Crippen LogP contribution in [-0.4, -0.2) is 51.5 Å². The fourth-order valence-electron chi connectivity index (χ4n) is 1.49. The van der Waals surface area contributed by atoms with E-state index in [2.05, 4.69) is 25.7 Å². The average Bonchev–Trinajstić information content (AvgIpc) is 2.44. The monoisotopic (exact) mass is 297 g/mol. The lowest BCUT2D eigenvalue weighted by molar-refractivity contribution is -0.130. The molecule has 0 aliphatic carbocycles. The van der Waals surface area contributed by atoms with Gasteiger partial charge in [-0.3, -0.25) is 10.2 Å². The molecule has 9 nitrogen and oxygen atoms in total.